The molecular weight excluding hydrogens is 691 g/mol. The van der Waals surface area contributed by atoms with Crippen LogP contribution in [0.15, 0.2) is 189 Å². The van der Waals surface area contributed by atoms with Gasteiger partial charge in [0.05, 0.1) is 0 Å². The number of ether oxygens (including phenoxy) is 2. The van der Waals surface area contributed by atoms with Crippen molar-refractivity contribution in [1.82, 2.24) is 24.9 Å². The fourth-order valence-corrected chi connectivity index (χ4v) is 6.96. The molecule has 9 aromatic rings. The van der Waals surface area contributed by atoms with Crippen molar-refractivity contribution in [2.75, 3.05) is 0 Å². The Labute approximate surface area is 323 Å². The molecule has 0 fully saturated rings. The molecule has 1 aliphatic rings. The zero-order valence-electron chi connectivity index (χ0n) is 30.0. The Balaban J connectivity index is 1.04. The van der Waals surface area contributed by atoms with Gasteiger partial charge in [-0.1, -0.05) is 109 Å². The third kappa shape index (κ3) is 6.44. The molecule has 0 bridgehead atoms. The summed E-state index contributed by atoms with van der Waals surface area (Å²) in [6.45, 7) is 0. The van der Waals surface area contributed by atoms with Crippen molar-refractivity contribution in [3.63, 3.8) is 0 Å². The lowest BCUT2D eigenvalue weighted by atomic mass is 9.91. The van der Waals surface area contributed by atoms with Gasteiger partial charge >= 0.3 is 0 Å². The second-order valence-corrected chi connectivity index (χ2v) is 13.4. The predicted octanol–water partition coefficient (Wildman–Crippen LogP) is 12.2. The fraction of sp³-hybridized carbons (Fsp3) is 0. The quantitative estimate of drug-likeness (QED) is 0.162. The van der Waals surface area contributed by atoms with Crippen LogP contribution in [-0.2, 0) is 0 Å². The Morgan fingerprint density at radius 2 is 0.625 bits per heavy atom. The van der Waals surface area contributed by atoms with Gasteiger partial charge in [-0.2, -0.15) is 0 Å². The minimum absolute atomic E-state index is 0.537. The van der Waals surface area contributed by atoms with E-state index in [4.69, 9.17) is 24.4 Å². The average molecular weight is 722 g/mol. The van der Waals surface area contributed by atoms with E-state index in [0.717, 1.165) is 61.2 Å². The summed E-state index contributed by atoms with van der Waals surface area (Å²) < 4.78 is 13.3. The lowest BCUT2D eigenvalue weighted by molar-refractivity contribution is 0.360. The summed E-state index contributed by atoms with van der Waals surface area (Å²) in [5, 5.41) is 0. The van der Waals surface area contributed by atoms with Gasteiger partial charge in [0.25, 0.3) is 0 Å². The van der Waals surface area contributed by atoms with Crippen LogP contribution in [0, 0.1) is 0 Å². The van der Waals surface area contributed by atoms with Crippen molar-refractivity contribution >= 4 is 0 Å². The van der Waals surface area contributed by atoms with Crippen LogP contribution in [-0.4, -0.2) is 24.9 Å². The van der Waals surface area contributed by atoms with Gasteiger partial charge < -0.3 is 9.47 Å². The van der Waals surface area contributed by atoms with E-state index in [1.807, 2.05) is 128 Å². The van der Waals surface area contributed by atoms with E-state index >= 15 is 0 Å². The molecule has 264 valence electrons. The average Bonchev–Trinajstić information content (AvgIpc) is 3.29. The first-order chi connectivity index (χ1) is 27.7. The van der Waals surface area contributed by atoms with Crippen molar-refractivity contribution in [1.29, 1.82) is 0 Å². The lowest BCUT2D eigenvalue weighted by Crippen LogP contribution is -2.02. The maximum atomic E-state index is 6.68. The van der Waals surface area contributed by atoms with E-state index in [9.17, 15) is 0 Å². The van der Waals surface area contributed by atoms with E-state index < -0.39 is 0 Å². The second-order valence-electron chi connectivity index (χ2n) is 13.4. The van der Waals surface area contributed by atoms with Crippen molar-refractivity contribution in [2.24, 2.45) is 0 Å². The first kappa shape index (κ1) is 32.8. The molecule has 0 radical (unpaired) electrons. The van der Waals surface area contributed by atoms with Crippen LogP contribution in [0.25, 0.3) is 78.7 Å². The topological polar surface area (TPSA) is 82.9 Å². The van der Waals surface area contributed by atoms with Crippen molar-refractivity contribution < 1.29 is 9.47 Å². The summed E-state index contributed by atoms with van der Waals surface area (Å²) >= 11 is 0. The van der Waals surface area contributed by atoms with E-state index in [1.54, 1.807) is 0 Å². The normalized spacial score (nSPS) is 11.5. The van der Waals surface area contributed by atoms with Gasteiger partial charge in [0, 0.05) is 41.5 Å². The molecule has 0 saturated carbocycles. The maximum Gasteiger partial charge on any atom is 0.170 e. The van der Waals surface area contributed by atoms with Gasteiger partial charge in [-0.05, 0) is 99.1 Å². The number of hydrogen-bond donors (Lipinski definition) is 0. The molecule has 0 spiro atoms. The molecule has 0 saturated heterocycles. The molecule has 7 nitrogen and oxygen atoms in total. The van der Waals surface area contributed by atoms with Crippen LogP contribution in [0.3, 0.4) is 0 Å². The summed E-state index contributed by atoms with van der Waals surface area (Å²) in [5.74, 6) is 4.16. The van der Waals surface area contributed by atoms with Crippen LogP contribution in [0.2, 0.25) is 0 Å². The van der Waals surface area contributed by atoms with Crippen LogP contribution in [0.4, 0.5) is 0 Å². The fourth-order valence-electron chi connectivity index (χ4n) is 6.96. The first-order valence-corrected chi connectivity index (χ1v) is 18.3. The number of benzene rings is 6. The maximum absolute atomic E-state index is 6.68. The van der Waals surface area contributed by atoms with E-state index in [0.29, 0.717) is 40.5 Å². The molecule has 0 unspecified atom stereocenters. The number of hydrogen-bond acceptors (Lipinski definition) is 7. The smallest absolute Gasteiger partial charge is 0.170 e. The van der Waals surface area contributed by atoms with Crippen LogP contribution in [0.5, 0.6) is 23.0 Å². The number of nitrogens with zero attached hydrogens (tertiary/aromatic N) is 5. The minimum Gasteiger partial charge on any atom is -0.449 e. The lowest BCUT2D eigenvalue weighted by Gasteiger charge is -2.24. The van der Waals surface area contributed by atoms with Crippen LogP contribution in [0.1, 0.15) is 0 Å². The molecular formula is C49H31N5O2. The monoisotopic (exact) mass is 721 g/mol. The highest BCUT2D eigenvalue weighted by atomic mass is 16.6. The highest BCUT2D eigenvalue weighted by molar-refractivity contribution is 5.88. The summed E-state index contributed by atoms with van der Waals surface area (Å²) in [5.41, 5.74) is 11.2. The van der Waals surface area contributed by atoms with E-state index in [1.165, 1.54) is 0 Å². The zero-order chi connectivity index (χ0) is 37.3. The molecule has 56 heavy (non-hydrogen) atoms. The van der Waals surface area contributed by atoms with Gasteiger partial charge in [-0.15, -0.1) is 0 Å². The molecule has 0 aliphatic carbocycles. The molecule has 10 rings (SSSR count). The van der Waals surface area contributed by atoms with E-state index in [2.05, 4.69) is 70.6 Å². The van der Waals surface area contributed by atoms with Gasteiger partial charge in [-0.25, -0.2) is 15.0 Å². The SMILES string of the molecule is c1ccc(-c2nc(-c3ccccc3)nc(-c3ccc4c(c3)Oc3cc(-c5ccc(-c6ccncc6)cc5)c(-c5ccc(-c6ccncc6)cc5)cc3O4)n2)cc1. The van der Waals surface area contributed by atoms with Gasteiger partial charge in [0.1, 0.15) is 0 Å². The Bertz CT molecular complexity index is 2760. The van der Waals surface area contributed by atoms with E-state index in [-0.39, 0.29) is 0 Å². The minimum atomic E-state index is 0.537. The third-order valence-corrected chi connectivity index (χ3v) is 9.84. The summed E-state index contributed by atoms with van der Waals surface area (Å²) in [6.07, 6.45) is 7.25. The van der Waals surface area contributed by atoms with Crippen LogP contribution >= 0.6 is 0 Å². The molecule has 0 N–H and O–H groups in total. The molecule has 0 amide bonds. The summed E-state index contributed by atoms with van der Waals surface area (Å²) in [4.78, 5) is 23.0. The summed E-state index contributed by atoms with van der Waals surface area (Å²) in [6, 6.07) is 55.1. The third-order valence-electron chi connectivity index (χ3n) is 9.84. The molecule has 7 heteroatoms. The Morgan fingerprint density at radius 1 is 0.268 bits per heavy atom. The first-order valence-electron chi connectivity index (χ1n) is 18.3. The number of pyridine rings is 2. The largest absolute Gasteiger partial charge is 0.449 e. The Morgan fingerprint density at radius 3 is 1.09 bits per heavy atom. The highest BCUT2D eigenvalue weighted by Crippen LogP contribution is 2.50. The molecule has 1 aliphatic heterocycles. The molecule has 0 atom stereocenters. The summed E-state index contributed by atoms with van der Waals surface area (Å²) in [7, 11) is 0. The second kappa shape index (κ2) is 14.2. The Kier molecular flexibility index (Phi) is 8.35. The highest BCUT2D eigenvalue weighted by Gasteiger charge is 2.24. The van der Waals surface area contributed by atoms with Gasteiger partial charge in [0.2, 0.25) is 0 Å². The molecule has 3 aromatic heterocycles. The van der Waals surface area contributed by atoms with Crippen molar-refractivity contribution in [3.8, 4) is 102 Å². The predicted molar refractivity (Wildman–Crippen MR) is 220 cm³/mol. The van der Waals surface area contributed by atoms with Crippen molar-refractivity contribution in [2.45, 2.75) is 0 Å². The zero-order valence-corrected chi connectivity index (χ0v) is 30.0. The Hall–Kier alpha value is -7.77. The van der Waals surface area contributed by atoms with Crippen molar-refractivity contribution in [3.05, 3.63) is 189 Å². The number of rotatable bonds is 7. The van der Waals surface area contributed by atoms with Gasteiger partial charge in [-0.3, -0.25) is 9.97 Å². The van der Waals surface area contributed by atoms with Crippen LogP contribution < -0.4 is 9.47 Å². The molecule has 6 aromatic carbocycles. The molecule has 4 heterocycles. The van der Waals surface area contributed by atoms with Gasteiger partial charge in [0.15, 0.2) is 40.5 Å². The number of fused-ring (bicyclic) bond motifs is 2. The number of aromatic nitrogens is 5. The standard InChI is InChI=1S/C49H31N5O2/c1-3-7-38(8-4-1)47-52-48(39-9-5-2-6-10-39)54-49(53-47)40-19-20-43-44(29-40)56-46-31-42(37-17-13-33(14-18-37)35-23-27-51-28-24-35)41(30-45(46)55-43)36-15-11-32(12-16-36)34-21-25-50-26-22-34/h1-31H.